The van der Waals surface area contributed by atoms with Gasteiger partial charge in [0.05, 0.1) is 6.10 Å². The molecule has 1 aliphatic carbocycles. The Kier molecular flexibility index (Phi) is 10.1. The lowest BCUT2D eigenvalue weighted by atomic mass is 9.90. The van der Waals surface area contributed by atoms with Gasteiger partial charge in [-0.25, -0.2) is 0 Å². The Bertz CT molecular complexity index is 536. The minimum absolute atomic E-state index is 0.0332. The summed E-state index contributed by atoms with van der Waals surface area (Å²) in [5, 5.41) is 28.6. The molecule has 146 valence electrons. The molecule has 0 aromatic heterocycles. The first-order valence-electron chi connectivity index (χ1n) is 9.33. The number of carbonyl (C=O) groups excluding carboxylic acids is 2. The standard InChI is InChI=1S/C20H30O6/c1-2-3-9-16(21)17(22)12-11-15-14(18(23)13-19(15)24)8-6-4-5-7-10-20(25)26/h4,6,11-12,14-15,17,19,22,24H,2-3,5,7-10,13H2,1H3,(H,25,26)/b6-4-,12-11+/t14-,15-,17-,19-/m1/s1. The number of unbranched alkanes of at least 4 members (excludes halogenated alkanes) is 2. The van der Waals surface area contributed by atoms with Crippen LogP contribution in [0.15, 0.2) is 24.3 Å². The molecule has 0 saturated heterocycles. The fraction of sp³-hybridized carbons (Fsp3) is 0.650. The molecule has 1 aliphatic rings. The second kappa shape index (κ2) is 11.8. The lowest BCUT2D eigenvalue weighted by molar-refractivity contribution is -0.137. The molecule has 26 heavy (non-hydrogen) atoms. The lowest BCUT2D eigenvalue weighted by Crippen LogP contribution is -2.21. The molecule has 0 unspecified atom stereocenters. The Morgan fingerprint density at radius 2 is 1.96 bits per heavy atom. The number of aliphatic hydroxyl groups excluding tert-OH is 2. The number of aliphatic carboxylic acids is 1. The lowest BCUT2D eigenvalue weighted by Gasteiger charge is -2.16. The van der Waals surface area contributed by atoms with E-state index in [0.29, 0.717) is 25.7 Å². The van der Waals surface area contributed by atoms with Gasteiger partial charge in [-0.3, -0.25) is 14.4 Å². The van der Waals surface area contributed by atoms with Gasteiger partial charge in [-0.2, -0.15) is 0 Å². The van der Waals surface area contributed by atoms with Crippen molar-refractivity contribution in [2.24, 2.45) is 11.8 Å². The van der Waals surface area contributed by atoms with Gasteiger partial charge < -0.3 is 15.3 Å². The normalized spacial score (nSPS) is 24.6. The second-order valence-corrected chi connectivity index (χ2v) is 6.81. The summed E-state index contributed by atoms with van der Waals surface area (Å²) in [4.78, 5) is 34.3. The van der Waals surface area contributed by atoms with E-state index in [4.69, 9.17) is 5.11 Å². The summed E-state index contributed by atoms with van der Waals surface area (Å²) in [5.74, 6) is -1.91. The molecule has 1 rings (SSSR count). The van der Waals surface area contributed by atoms with E-state index in [1.165, 1.54) is 6.08 Å². The number of carboxylic acid groups (broad SMARTS) is 1. The van der Waals surface area contributed by atoms with Crippen molar-refractivity contribution in [3.63, 3.8) is 0 Å². The zero-order chi connectivity index (χ0) is 19.5. The van der Waals surface area contributed by atoms with E-state index in [9.17, 15) is 24.6 Å². The molecule has 0 amide bonds. The highest BCUT2D eigenvalue weighted by atomic mass is 16.4. The largest absolute Gasteiger partial charge is 0.481 e. The van der Waals surface area contributed by atoms with Gasteiger partial charge in [-0.15, -0.1) is 0 Å². The Balaban J connectivity index is 2.56. The number of hydrogen-bond acceptors (Lipinski definition) is 5. The fourth-order valence-corrected chi connectivity index (χ4v) is 3.10. The van der Waals surface area contributed by atoms with E-state index < -0.39 is 24.1 Å². The highest BCUT2D eigenvalue weighted by Gasteiger charge is 2.39. The third-order valence-electron chi connectivity index (χ3n) is 4.67. The van der Waals surface area contributed by atoms with Gasteiger partial charge in [0.1, 0.15) is 11.9 Å². The second-order valence-electron chi connectivity index (χ2n) is 6.81. The summed E-state index contributed by atoms with van der Waals surface area (Å²) in [6, 6.07) is 0. The Labute approximate surface area is 154 Å². The Morgan fingerprint density at radius 1 is 1.23 bits per heavy atom. The first-order chi connectivity index (χ1) is 12.4. The molecule has 6 nitrogen and oxygen atoms in total. The first-order valence-corrected chi connectivity index (χ1v) is 9.33. The van der Waals surface area contributed by atoms with Gasteiger partial charge in [0.2, 0.25) is 0 Å². The molecule has 0 aromatic rings. The molecule has 1 saturated carbocycles. The molecule has 1 fully saturated rings. The third-order valence-corrected chi connectivity index (χ3v) is 4.67. The van der Waals surface area contributed by atoms with Gasteiger partial charge in [0.15, 0.2) is 5.78 Å². The fourth-order valence-electron chi connectivity index (χ4n) is 3.10. The van der Waals surface area contributed by atoms with Crippen LogP contribution in [0.25, 0.3) is 0 Å². The van der Waals surface area contributed by atoms with Crippen LogP contribution >= 0.6 is 0 Å². The van der Waals surface area contributed by atoms with E-state index in [0.717, 1.165) is 12.8 Å². The quantitative estimate of drug-likeness (QED) is 0.361. The minimum Gasteiger partial charge on any atom is -0.481 e. The van der Waals surface area contributed by atoms with E-state index in [1.54, 1.807) is 6.08 Å². The summed E-state index contributed by atoms with van der Waals surface area (Å²) in [5.41, 5.74) is 0. The predicted octanol–water partition coefficient (Wildman–Crippen LogP) is 2.43. The number of ketones is 2. The summed E-state index contributed by atoms with van der Waals surface area (Å²) in [7, 11) is 0. The average molecular weight is 366 g/mol. The molecule has 0 bridgehead atoms. The van der Waals surface area contributed by atoms with Crippen LogP contribution in [0.3, 0.4) is 0 Å². The summed E-state index contributed by atoms with van der Waals surface area (Å²) in [6.07, 6.45) is 8.39. The molecule has 0 aromatic carbocycles. The molecular formula is C20H30O6. The molecule has 6 heteroatoms. The summed E-state index contributed by atoms with van der Waals surface area (Å²) < 4.78 is 0. The van der Waals surface area contributed by atoms with Gasteiger partial charge in [-0.1, -0.05) is 37.6 Å². The van der Waals surface area contributed by atoms with Crippen molar-refractivity contribution >= 4 is 17.5 Å². The average Bonchev–Trinajstić information content (AvgIpc) is 2.86. The van der Waals surface area contributed by atoms with Crippen LogP contribution in [-0.4, -0.2) is 45.1 Å². The predicted molar refractivity (Wildman–Crippen MR) is 97.5 cm³/mol. The van der Waals surface area contributed by atoms with E-state index in [2.05, 4.69) is 0 Å². The maximum absolute atomic E-state index is 12.1. The van der Waals surface area contributed by atoms with Gasteiger partial charge in [0.25, 0.3) is 0 Å². The minimum atomic E-state index is -1.20. The van der Waals surface area contributed by atoms with Crippen LogP contribution in [0.1, 0.15) is 58.3 Å². The molecular weight excluding hydrogens is 336 g/mol. The zero-order valence-electron chi connectivity index (χ0n) is 15.3. The highest BCUT2D eigenvalue weighted by molar-refractivity contribution is 5.86. The zero-order valence-corrected chi connectivity index (χ0v) is 15.3. The van der Waals surface area contributed by atoms with E-state index in [1.807, 2.05) is 19.1 Å². The summed E-state index contributed by atoms with van der Waals surface area (Å²) >= 11 is 0. The van der Waals surface area contributed by atoms with Crippen LogP contribution in [0, 0.1) is 11.8 Å². The van der Waals surface area contributed by atoms with Crippen molar-refractivity contribution in [3.8, 4) is 0 Å². The number of hydrogen-bond donors (Lipinski definition) is 3. The van der Waals surface area contributed by atoms with Crippen molar-refractivity contribution in [1.29, 1.82) is 0 Å². The maximum atomic E-state index is 12.1. The van der Waals surface area contributed by atoms with Crippen LogP contribution in [0.2, 0.25) is 0 Å². The summed E-state index contributed by atoms with van der Waals surface area (Å²) in [6.45, 7) is 1.97. The topological polar surface area (TPSA) is 112 Å². The molecule has 4 atom stereocenters. The SMILES string of the molecule is CCCCC(=O)[C@H](O)/C=C/[C@H]1[C@H](O)CC(=O)[C@@H]1C/C=C\CCCC(=O)O. The van der Waals surface area contributed by atoms with Crippen LogP contribution in [0.5, 0.6) is 0 Å². The molecule has 0 aliphatic heterocycles. The number of rotatable bonds is 12. The third kappa shape index (κ3) is 7.62. The van der Waals surface area contributed by atoms with Gasteiger partial charge in [0, 0.05) is 31.1 Å². The monoisotopic (exact) mass is 366 g/mol. The Morgan fingerprint density at radius 3 is 2.62 bits per heavy atom. The number of aliphatic hydroxyl groups is 2. The molecule has 0 spiro atoms. The van der Waals surface area contributed by atoms with Crippen molar-refractivity contribution in [1.82, 2.24) is 0 Å². The van der Waals surface area contributed by atoms with Crippen molar-refractivity contribution < 1.29 is 29.7 Å². The van der Waals surface area contributed by atoms with Crippen molar-refractivity contribution in [2.75, 3.05) is 0 Å². The number of Topliss-reactive ketones (excluding diaryl/α,β-unsaturated/α-hetero) is 2. The van der Waals surface area contributed by atoms with E-state index in [-0.39, 0.29) is 30.3 Å². The number of carboxylic acids is 1. The van der Waals surface area contributed by atoms with Gasteiger partial charge in [-0.05, 0) is 25.7 Å². The molecule has 0 radical (unpaired) electrons. The number of allylic oxidation sites excluding steroid dienone is 2. The van der Waals surface area contributed by atoms with Crippen molar-refractivity contribution in [2.45, 2.75) is 70.5 Å². The van der Waals surface area contributed by atoms with Gasteiger partial charge >= 0.3 is 5.97 Å². The number of carbonyl (C=O) groups is 3. The first kappa shape index (κ1) is 22.3. The van der Waals surface area contributed by atoms with Crippen molar-refractivity contribution in [3.05, 3.63) is 24.3 Å². The smallest absolute Gasteiger partial charge is 0.303 e. The molecule has 0 heterocycles. The van der Waals surface area contributed by atoms with E-state index >= 15 is 0 Å². The molecule has 3 N–H and O–H groups in total. The van der Waals surface area contributed by atoms with Crippen LogP contribution in [-0.2, 0) is 14.4 Å². The maximum Gasteiger partial charge on any atom is 0.303 e. The Hall–Kier alpha value is -1.79. The van der Waals surface area contributed by atoms with Crippen LogP contribution < -0.4 is 0 Å². The highest BCUT2D eigenvalue weighted by Crippen LogP contribution is 2.33. The van der Waals surface area contributed by atoms with Crippen LogP contribution in [0.4, 0.5) is 0 Å².